The second-order valence-electron chi connectivity index (χ2n) is 7.52. The molecule has 1 aliphatic rings. The summed E-state index contributed by atoms with van der Waals surface area (Å²) in [7, 11) is 1.76. The lowest BCUT2D eigenvalue weighted by molar-refractivity contribution is 0.218. The average molecular weight is 348 g/mol. The van der Waals surface area contributed by atoms with Crippen molar-refractivity contribution in [3.63, 3.8) is 0 Å². The Labute approximate surface area is 143 Å². The van der Waals surface area contributed by atoms with Crippen LogP contribution in [0.4, 0.5) is 0 Å². The Morgan fingerprint density at radius 1 is 1.39 bits per heavy atom. The van der Waals surface area contributed by atoms with Crippen LogP contribution in [0, 0.1) is 16.1 Å². The van der Waals surface area contributed by atoms with Crippen molar-refractivity contribution in [3.8, 4) is 0 Å². The normalized spacial score (nSPS) is 18.7. The first-order valence-corrected chi connectivity index (χ1v) is 9.12. The molecule has 0 fully saturated rings. The highest BCUT2D eigenvalue weighted by molar-refractivity contribution is 7.71. The average Bonchev–Trinajstić information content (AvgIpc) is 3.03. The number of rotatable bonds is 0. The Kier molecular flexibility index (Phi) is 3.13. The van der Waals surface area contributed by atoms with Gasteiger partial charge in [0.15, 0.2) is 0 Å². The van der Waals surface area contributed by atoms with E-state index in [0.717, 1.165) is 29.5 Å². The molecule has 0 spiro atoms. The lowest BCUT2D eigenvalue weighted by atomic mass is 9.72. The van der Waals surface area contributed by atoms with Gasteiger partial charge in [0.25, 0.3) is 5.56 Å². The topological polar surface area (TPSA) is 55.1 Å². The van der Waals surface area contributed by atoms with E-state index in [0.29, 0.717) is 21.9 Å². The number of nitrogens with one attached hydrogen (secondary N) is 1. The zero-order valence-electron chi connectivity index (χ0n) is 13.8. The fourth-order valence-electron chi connectivity index (χ4n) is 3.64. The number of aryl methyl sites for hydroxylation is 2. The second kappa shape index (κ2) is 4.77. The minimum Gasteiger partial charge on any atom is -0.279 e. The molecule has 0 saturated carbocycles. The maximum Gasteiger partial charge on any atom is 0.263 e. The second-order valence-corrected chi connectivity index (χ2v) is 8.99. The molecule has 7 heteroatoms. The monoisotopic (exact) mass is 348 g/mol. The first-order chi connectivity index (χ1) is 10.8. The number of hydrogen-bond acceptors (Lipinski definition) is 4. The molecule has 0 unspecified atom stereocenters. The predicted molar refractivity (Wildman–Crippen MR) is 96.0 cm³/mol. The van der Waals surface area contributed by atoms with Crippen molar-refractivity contribution in [3.05, 3.63) is 25.6 Å². The summed E-state index contributed by atoms with van der Waals surface area (Å²) in [5.74, 6) is 1.23. The SMILES string of the molecule is Cn1c(=O)c2c3c(sc2n2c(=S)[nH]nc12)C[C@@H](C(C)(C)C)CC3. The molecule has 23 heavy (non-hydrogen) atoms. The van der Waals surface area contributed by atoms with Gasteiger partial charge in [0.2, 0.25) is 10.5 Å². The number of aromatic amines is 1. The molecule has 1 N–H and O–H groups in total. The number of nitrogens with zero attached hydrogens (tertiary/aromatic N) is 3. The Balaban J connectivity index is 2.06. The van der Waals surface area contributed by atoms with E-state index in [4.69, 9.17) is 12.2 Å². The van der Waals surface area contributed by atoms with Crippen LogP contribution in [0.1, 0.15) is 37.6 Å². The highest BCUT2D eigenvalue weighted by atomic mass is 32.1. The molecule has 5 nitrogen and oxygen atoms in total. The molecule has 1 aliphatic carbocycles. The first kappa shape index (κ1) is 15.1. The molecular weight excluding hydrogens is 328 g/mol. The van der Waals surface area contributed by atoms with E-state index < -0.39 is 0 Å². The van der Waals surface area contributed by atoms with E-state index in [1.165, 1.54) is 10.4 Å². The van der Waals surface area contributed by atoms with Crippen LogP contribution < -0.4 is 5.56 Å². The molecule has 4 rings (SSSR count). The molecule has 0 aliphatic heterocycles. The van der Waals surface area contributed by atoms with Crippen LogP contribution >= 0.6 is 23.6 Å². The van der Waals surface area contributed by atoms with Gasteiger partial charge in [-0.1, -0.05) is 20.8 Å². The largest absolute Gasteiger partial charge is 0.279 e. The smallest absolute Gasteiger partial charge is 0.263 e. The Morgan fingerprint density at radius 3 is 2.83 bits per heavy atom. The summed E-state index contributed by atoms with van der Waals surface area (Å²) in [5.41, 5.74) is 1.56. The van der Waals surface area contributed by atoms with Crippen LogP contribution in [-0.4, -0.2) is 19.2 Å². The molecule has 3 aromatic heterocycles. The highest BCUT2D eigenvalue weighted by Crippen LogP contribution is 2.42. The molecule has 0 amide bonds. The number of aromatic nitrogens is 4. The van der Waals surface area contributed by atoms with Gasteiger partial charge >= 0.3 is 0 Å². The molecule has 0 radical (unpaired) electrons. The van der Waals surface area contributed by atoms with E-state index in [-0.39, 0.29) is 5.56 Å². The first-order valence-electron chi connectivity index (χ1n) is 7.89. The fraction of sp³-hybridized carbons (Fsp3) is 0.562. The third-order valence-corrected chi connectivity index (χ3v) is 6.66. The molecule has 0 saturated heterocycles. The molecule has 3 heterocycles. The van der Waals surface area contributed by atoms with Crippen molar-refractivity contribution in [1.82, 2.24) is 19.2 Å². The van der Waals surface area contributed by atoms with E-state index in [2.05, 4.69) is 31.0 Å². The van der Waals surface area contributed by atoms with Gasteiger partial charge in [-0.3, -0.25) is 9.36 Å². The van der Waals surface area contributed by atoms with Gasteiger partial charge in [0.1, 0.15) is 4.83 Å². The van der Waals surface area contributed by atoms with Crippen molar-refractivity contribution in [2.75, 3.05) is 0 Å². The van der Waals surface area contributed by atoms with E-state index >= 15 is 0 Å². The third kappa shape index (κ3) is 2.06. The van der Waals surface area contributed by atoms with Gasteiger partial charge in [0.05, 0.1) is 5.39 Å². The Morgan fingerprint density at radius 2 is 2.13 bits per heavy atom. The number of fused-ring (bicyclic) bond motifs is 5. The quantitative estimate of drug-likeness (QED) is 0.633. The Bertz CT molecular complexity index is 1040. The minimum atomic E-state index is 0.0354. The lowest BCUT2D eigenvalue weighted by Crippen LogP contribution is -2.27. The summed E-state index contributed by atoms with van der Waals surface area (Å²) in [6, 6.07) is 0. The number of thiophene rings is 1. The van der Waals surface area contributed by atoms with Crippen molar-refractivity contribution in [2.24, 2.45) is 18.4 Å². The molecular formula is C16H20N4OS2. The minimum absolute atomic E-state index is 0.0354. The summed E-state index contributed by atoms with van der Waals surface area (Å²) in [5, 5.41) is 7.86. The van der Waals surface area contributed by atoms with Crippen LogP contribution in [0.25, 0.3) is 16.0 Å². The van der Waals surface area contributed by atoms with Crippen molar-refractivity contribution >= 4 is 39.5 Å². The molecule has 0 aromatic carbocycles. The van der Waals surface area contributed by atoms with Crippen LogP contribution in [-0.2, 0) is 19.9 Å². The maximum atomic E-state index is 12.8. The molecule has 122 valence electrons. The molecule has 0 bridgehead atoms. The number of hydrogen-bond donors (Lipinski definition) is 1. The van der Waals surface area contributed by atoms with Crippen molar-refractivity contribution in [1.29, 1.82) is 0 Å². The van der Waals surface area contributed by atoms with Gasteiger partial charge in [0, 0.05) is 11.9 Å². The van der Waals surface area contributed by atoms with Gasteiger partial charge in [-0.15, -0.1) is 16.4 Å². The van der Waals surface area contributed by atoms with Crippen molar-refractivity contribution < 1.29 is 0 Å². The highest BCUT2D eigenvalue weighted by Gasteiger charge is 2.32. The summed E-state index contributed by atoms with van der Waals surface area (Å²) >= 11 is 7.09. The van der Waals surface area contributed by atoms with Gasteiger partial charge < -0.3 is 0 Å². The van der Waals surface area contributed by atoms with Crippen LogP contribution in [0.15, 0.2) is 4.79 Å². The van der Waals surface area contributed by atoms with Gasteiger partial charge in [-0.05, 0) is 48.4 Å². The van der Waals surface area contributed by atoms with Gasteiger partial charge in [-0.2, -0.15) is 0 Å². The number of H-pyrrole nitrogens is 1. The predicted octanol–water partition coefficient (Wildman–Crippen LogP) is 3.46. The van der Waals surface area contributed by atoms with E-state index in [1.54, 1.807) is 23.0 Å². The maximum absolute atomic E-state index is 12.8. The summed E-state index contributed by atoms with van der Waals surface area (Å²) in [6.45, 7) is 6.91. The summed E-state index contributed by atoms with van der Waals surface area (Å²) < 4.78 is 4.05. The summed E-state index contributed by atoms with van der Waals surface area (Å²) in [6.07, 6.45) is 3.16. The van der Waals surface area contributed by atoms with Crippen LogP contribution in [0.5, 0.6) is 0 Å². The zero-order valence-corrected chi connectivity index (χ0v) is 15.4. The van der Waals surface area contributed by atoms with Crippen LogP contribution in [0.2, 0.25) is 0 Å². The van der Waals surface area contributed by atoms with Crippen LogP contribution in [0.3, 0.4) is 0 Å². The van der Waals surface area contributed by atoms with Crippen molar-refractivity contribution in [2.45, 2.75) is 40.0 Å². The summed E-state index contributed by atoms with van der Waals surface area (Å²) in [4.78, 5) is 15.1. The lowest BCUT2D eigenvalue weighted by Gasteiger charge is -2.33. The third-order valence-electron chi connectivity index (χ3n) is 5.15. The molecule has 1 atom stereocenters. The molecule has 3 aromatic rings. The van der Waals surface area contributed by atoms with Gasteiger partial charge in [-0.25, -0.2) is 9.50 Å². The fourth-order valence-corrected chi connectivity index (χ4v) is 5.34. The van der Waals surface area contributed by atoms with E-state index in [9.17, 15) is 4.79 Å². The zero-order chi connectivity index (χ0) is 16.5. The Hall–Kier alpha value is -1.47. The van der Waals surface area contributed by atoms with E-state index in [1.807, 2.05) is 4.40 Å². The standard InChI is InChI=1S/C16H20N4OS2/c1-16(2,3)8-5-6-9-10(7-8)23-13-11(9)12(21)19(4)14-17-18-15(22)20(13)14/h8H,5-7H2,1-4H3,(H,18,22)/t8-/m0/s1.